The molecule has 4 saturated carbocycles. The predicted octanol–water partition coefficient (Wildman–Crippen LogP) is 22.1. The Morgan fingerprint density at radius 3 is 0.955 bits per heavy atom. The zero-order valence-corrected chi connectivity index (χ0v) is 77.1. The van der Waals surface area contributed by atoms with Crippen molar-refractivity contribution in [2.24, 2.45) is 0 Å². The molecule has 133 heavy (non-hydrogen) atoms. The van der Waals surface area contributed by atoms with Crippen LogP contribution in [-0.2, 0) is 19.0 Å². The monoisotopic (exact) mass is 1880 g/mol. The van der Waals surface area contributed by atoms with Gasteiger partial charge in [0.25, 0.3) is 0 Å². The van der Waals surface area contributed by atoms with Crippen molar-refractivity contribution in [2.75, 3.05) is 40.9 Å². The van der Waals surface area contributed by atoms with Crippen LogP contribution < -0.4 is 43.2 Å². The van der Waals surface area contributed by atoms with Gasteiger partial charge in [-0.15, -0.1) is 45.3 Å². The van der Waals surface area contributed by atoms with Gasteiger partial charge in [0.15, 0.2) is 46.3 Å². The molecule has 8 atom stereocenters. The number of carbonyl (C=O) groups excluding carboxylic acids is 2. The molecule has 8 aromatic heterocycles. The Bertz CT molecular complexity index is 7280. The van der Waals surface area contributed by atoms with Crippen LogP contribution in [0.4, 0.5) is 28.0 Å². The average Bonchev–Trinajstić information content (AvgIpc) is 1.69. The molecule has 4 fully saturated rings. The molecule has 0 bridgehead atoms. The van der Waals surface area contributed by atoms with E-state index < -0.39 is 47.7 Å². The van der Waals surface area contributed by atoms with Crippen LogP contribution in [0.5, 0.6) is 46.5 Å². The minimum absolute atomic E-state index is 0.00124. The maximum Gasteiger partial charge on any atom is 0.412 e. The Hall–Kier alpha value is -13.3. The summed E-state index contributed by atoms with van der Waals surface area (Å²) < 4.78 is 124. The van der Waals surface area contributed by atoms with Crippen LogP contribution in [0, 0.1) is 51.0 Å². The first-order chi connectivity index (χ1) is 64.4. The van der Waals surface area contributed by atoms with Crippen molar-refractivity contribution in [3.8, 4) is 88.8 Å². The molecule has 21 rings (SSSR count). The zero-order chi connectivity index (χ0) is 92.4. The van der Waals surface area contributed by atoms with Crippen molar-refractivity contribution >= 4 is 148 Å². The van der Waals surface area contributed by atoms with E-state index in [2.05, 4.69) is 60.1 Å². The fraction of sp³-hybridized carbons (Fsp3) is 0.306. The summed E-state index contributed by atoms with van der Waals surface area (Å²) in [7, 11) is 7.89. The second-order valence-corrected chi connectivity index (χ2v) is 36.8. The topological polar surface area (TPSA) is 323 Å². The normalized spacial score (nSPS) is 18.1. The van der Waals surface area contributed by atoms with Crippen molar-refractivity contribution in [3.05, 3.63) is 198 Å². The Morgan fingerprint density at radius 1 is 0.353 bits per heavy atom. The van der Waals surface area contributed by atoms with E-state index >= 15 is 4.39 Å². The van der Waals surface area contributed by atoms with Gasteiger partial charge in [0, 0.05) is 90.5 Å². The molecule has 4 aliphatic rings. The van der Waals surface area contributed by atoms with Crippen LogP contribution in [-0.4, -0.2) is 161 Å². The number of anilines is 1. The van der Waals surface area contributed by atoms with Gasteiger partial charge in [-0.25, -0.2) is 82.2 Å². The van der Waals surface area contributed by atoms with Gasteiger partial charge >= 0.3 is 12.1 Å². The maximum absolute atomic E-state index is 15.1. The molecule has 0 aliphatic heterocycles. The first-order valence-electron chi connectivity index (χ1n) is 43.2. The summed E-state index contributed by atoms with van der Waals surface area (Å²) in [6.45, 7) is 9.30. The summed E-state index contributed by atoms with van der Waals surface area (Å²) in [6.07, 6.45) is 12.6. The molecule has 682 valence electrons. The predicted molar refractivity (Wildman–Crippen MR) is 503 cm³/mol. The number of aromatic nitrogens is 12. The third-order valence-electron chi connectivity index (χ3n) is 23.2. The minimum atomic E-state index is -0.559. The number of methoxy groups -OCH3 is 5. The van der Waals surface area contributed by atoms with E-state index in [1.807, 2.05) is 94.4 Å². The Morgan fingerprint density at radius 2 is 0.647 bits per heavy atom. The molecule has 9 aromatic carbocycles. The molecule has 17 aromatic rings. The van der Waals surface area contributed by atoms with Crippen LogP contribution in [0.15, 0.2) is 152 Å². The van der Waals surface area contributed by atoms with Crippen LogP contribution in [0.2, 0.25) is 0 Å². The van der Waals surface area contributed by atoms with E-state index in [4.69, 9.17) is 57.1 Å². The molecule has 1 amide bonds. The third kappa shape index (κ3) is 19.9. The van der Waals surface area contributed by atoms with E-state index in [0.717, 1.165) is 129 Å². The summed E-state index contributed by atoms with van der Waals surface area (Å²) in [5.74, 6) is 0.165. The first-order valence-corrected chi connectivity index (χ1v) is 46.5. The van der Waals surface area contributed by atoms with Crippen LogP contribution >= 0.6 is 45.3 Å². The number of para-hydroxylation sites is 1. The average molecular weight is 1880 g/mol. The van der Waals surface area contributed by atoms with Crippen LogP contribution in [0.1, 0.15) is 106 Å². The lowest BCUT2D eigenvalue weighted by Crippen LogP contribution is -2.32. The number of aliphatic hydroxyl groups is 1. The number of aliphatic hydroxyl groups excluding tert-OH is 1. The number of amides is 1. The highest BCUT2D eigenvalue weighted by molar-refractivity contribution is 7.23. The van der Waals surface area contributed by atoms with E-state index in [1.54, 1.807) is 96.7 Å². The van der Waals surface area contributed by atoms with E-state index in [0.29, 0.717) is 126 Å². The van der Waals surface area contributed by atoms with Gasteiger partial charge in [-0.1, -0.05) is 18.2 Å². The molecule has 2 N–H and O–H groups in total. The number of hydrogen-bond donors (Lipinski definition) is 2. The fourth-order valence-corrected chi connectivity index (χ4v) is 20.9. The van der Waals surface area contributed by atoms with Crippen molar-refractivity contribution < 1.29 is 84.4 Å². The SMILES string of the molecule is COc1cnc2c(-c3nc4cc(F)c(O[C@@H]5CCC[C@@H]5OC)cc4s3)cc(C)cc2n1.COc1cnc2c(-c3nc4cc(F)c(O[C@@H]5CCC[C@H]5O)cc4s3)cc(C)cc2n1.COc1cnc2c(-c3nc4cc(F)c(O[C@H]5CCC[C@H]5OC(=O)Nc5ccccc5)cc4s3)cc(C)cc2n1.COc1cnc2c(-c3nc4cc(F)c(O[C@H]5CCC[C@H]5OC(C)=O)cc4s3)cc(C)cc2n1. The van der Waals surface area contributed by atoms with E-state index in [-0.39, 0.29) is 59.5 Å². The molecule has 8 heterocycles. The highest BCUT2D eigenvalue weighted by Crippen LogP contribution is 2.45. The second-order valence-electron chi connectivity index (χ2n) is 32.7. The number of carbonyl (C=O) groups is 2. The summed E-state index contributed by atoms with van der Waals surface area (Å²) in [6, 6.07) is 37.2. The quantitative estimate of drug-likeness (QED) is 0.0529. The molecule has 0 radical (unpaired) electrons. The number of benzene rings is 9. The number of thiazole rings is 4. The summed E-state index contributed by atoms with van der Waals surface area (Å²) in [4.78, 5) is 78.5. The number of hydrogen-bond acceptors (Lipinski definition) is 30. The van der Waals surface area contributed by atoms with Gasteiger partial charge in [0.2, 0.25) is 23.5 Å². The summed E-state index contributed by atoms with van der Waals surface area (Å²) in [5.41, 5.74) is 16.0. The van der Waals surface area contributed by atoms with E-state index in [1.165, 1.54) is 76.5 Å². The molecular weight excluding hydrogens is 1790 g/mol. The largest absolute Gasteiger partial charge is 0.485 e. The standard InChI is InChI=1S/C29H25FN4O4S.C24H22FN3O4S.C23H22FN3O3S.C22H20FN3O3S/c1-16-11-18(27-21(12-16)33-26(36-2)15-31-27)28-34-20-13-19(30)24(14-25(20)39-28)37-22-9-6-10-23(22)38-29(35)32-17-7-4-3-5-8-17;1-12-7-14(23-17(8-12)27-22(30-3)11-26-23)24-28-16-9-15(25)20(10-21(16)33-24)32-19-6-4-5-18(19)31-13(2)29;1-12-7-13(22-16(8-12)26-21(29-3)11-25-22)23-27-15-9-14(24)19(10-20(15)31-23)30-18-6-4-5-17(18)28-2;1-11-6-12(21-15(7-11)25-20(28-2)10-24-21)22-26-14-8-13(23)18(9-19(14)30-22)29-17-5-3-4-16(17)27/h3-5,7-8,11-15,22-23H,6,9-10H2,1-2H3,(H,32,35);7-11,18-19H,4-6H2,1-3H3;7-11,17-18H,4-6H2,1-3H3;6-10,16-17,27H,3-5H2,1-2H3/t22-,23+;18-,19+;17-,18+;16-,17-/m0101/s1. The van der Waals surface area contributed by atoms with E-state index in [9.17, 15) is 27.9 Å². The number of ether oxygens (including phenoxy) is 11. The van der Waals surface area contributed by atoms with Gasteiger partial charge in [0.1, 0.15) is 56.7 Å². The minimum Gasteiger partial charge on any atom is -0.485 e. The van der Waals surface area contributed by atoms with Crippen LogP contribution in [0.3, 0.4) is 0 Å². The Balaban J connectivity index is 0.000000119. The number of aryl methyl sites for hydroxylation is 4. The van der Waals surface area contributed by atoms with Crippen molar-refractivity contribution in [3.63, 3.8) is 0 Å². The van der Waals surface area contributed by atoms with Gasteiger partial charge in [-0.2, -0.15) is 0 Å². The van der Waals surface area contributed by atoms with Crippen molar-refractivity contribution in [1.29, 1.82) is 0 Å². The highest BCUT2D eigenvalue weighted by Gasteiger charge is 2.37. The van der Waals surface area contributed by atoms with Gasteiger partial charge in [0.05, 0.1) is 150 Å². The second kappa shape index (κ2) is 39.2. The number of fused-ring (bicyclic) bond motifs is 8. The molecule has 35 heteroatoms. The number of nitrogens with zero attached hydrogens (tertiary/aromatic N) is 12. The Labute approximate surface area is 775 Å². The summed E-state index contributed by atoms with van der Waals surface area (Å²) in [5, 5.41) is 15.6. The molecular formula is C98H89F4N13O14S4. The van der Waals surface area contributed by atoms with Gasteiger partial charge in [-0.05, 0) is 188 Å². The zero-order valence-electron chi connectivity index (χ0n) is 73.8. The number of halogens is 4. The van der Waals surface area contributed by atoms with Crippen molar-refractivity contribution in [2.45, 2.75) is 161 Å². The third-order valence-corrected chi connectivity index (χ3v) is 27.4. The number of esters is 1. The lowest BCUT2D eigenvalue weighted by molar-refractivity contribution is -0.149. The maximum atomic E-state index is 15.1. The first kappa shape index (κ1) is 90.2. The lowest BCUT2D eigenvalue weighted by Gasteiger charge is -2.22. The molecule has 4 aliphatic carbocycles. The fourth-order valence-electron chi connectivity index (χ4n) is 16.9. The van der Waals surface area contributed by atoms with Crippen LogP contribution in [0.25, 0.3) is 127 Å². The number of nitrogens with one attached hydrogen (secondary N) is 1. The van der Waals surface area contributed by atoms with Gasteiger partial charge < -0.3 is 57.2 Å². The molecule has 0 unspecified atom stereocenters. The smallest absolute Gasteiger partial charge is 0.412 e. The lowest BCUT2D eigenvalue weighted by atomic mass is 10.1. The van der Waals surface area contributed by atoms with Crippen molar-refractivity contribution in [1.82, 2.24) is 59.8 Å². The molecule has 27 nitrogen and oxygen atoms in total. The van der Waals surface area contributed by atoms with Gasteiger partial charge in [-0.3, -0.25) is 10.1 Å². The highest BCUT2D eigenvalue weighted by atomic mass is 32.1. The molecule has 0 saturated heterocycles. The summed E-state index contributed by atoms with van der Waals surface area (Å²) >= 11 is 5.79. The Kier molecular flexibility index (Phi) is 26.6. The molecule has 0 spiro atoms. The number of rotatable bonds is 20.